The summed E-state index contributed by atoms with van der Waals surface area (Å²) >= 11 is 8.14. The van der Waals surface area contributed by atoms with Crippen molar-refractivity contribution in [1.29, 1.82) is 0 Å². The summed E-state index contributed by atoms with van der Waals surface area (Å²) in [4.78, 5) is 0.128. The third-order valence-electron chi connectivity index (χ3n) is 1.97. The van der Waals surface area contributed by atoms with Crippen LogP contribution in [0.3, 0.4) is 0 Å². The lowest BCUT2D eigenvalue weighted by Gasteiger charge is -2.15. The molecule has 0 saturated carbocycles. The molecule has 0 bridgehead atoms. The normalized spacial score (nSPS) is 11.5. The second kappa shape index (κ2) is 5.30. The second-order valence-corrected chi connectivity index (χ2v) is 6.68. The molecule has 8 heteroatoms. The molecular weight excluding hydrogens is 326 g/mol. The van der Waals surface area contributed by atoms with Gasteiger partial charge >= 0.3 is 10.2 Å². The average Bonchev–Trinajstić information content (AvgIpc) is 2.19. The summed E-state index contributed by atoms with van der Waals surface area (Å²) in [6.07, 6.45) is 0. The van der Waals surface area contributed by atoms with Gasteiger partial charge in [0.05, 0.1) is 5.69 Å². The van der Waals surface area contributed by atoms with Crippen LogP contribution in [0.5, 0.6) is 0 Å². The summed E-state index contributed by atoms with van der Waals surface area (Å²) in [5.41, 5.74) is 6.37. The number of nitrogens with one attached hydrogen (secondary N) is 1. The zero-order valence-electron chi connectivity index (χ0n) is 9.27. The van der Waals surface area contributed by atoms with Gasteiger partial charge in [0.1, 0.15) is 4.99 Å². The van der Waals surface area contributed by atoms with Crippen LogP contribution in [-0.2, 0) is 10.2 Å². The van der Waals surface area contributed by atoms with E-state index in [9.17, 15) is 8.42 Å². The molecule has 0 saturated heterocycles. The van der Waals surface area contributed by atoms with E-state index in [2.05, 4.69) is 20.7 Å². The maximum Gasteiger partial charge on any atom is 0.301 e. The van der Waals surface area contributed by atoms with Crippen LogP contribution in [-0.4, -0.2) is 31.8 Å². The van der Waals surface area contributed by atoms with Gasteiger partial charge in [0, 0.05) is 24.1 Å². The number of halogens is 1. The van der Waals surface area contributed by atoms with Gasteiger partial charge in [0.2, 0.25) is 0 Å². The molecule has 0 aliphatic heterocycles. The number of thiocarbonyl (C=S) groups is 1. The first-order chi connectivity index (χ1) is 7.74. The van der Waals surface area contributed by atoms with Crippen molar-refractivity contribution in [2.45, 2.75) is 0 Å². The van der Waals surface area contributed by atoms with E-state index in [4.69, 9.17) is 18.0 Å². The lowest BCUT2D eigenvalue weighted by atomic mass is 10.2. The van der Waals surface area contributed by atoms with E-state index in [1.807, 2.05) is 0 Å². The Kier molecular flexibility index (Phi) is 4.48. The topological polar surface area (TPSA) is 75.4 Å². The summed E-state index contributed by atoms with van der Waals surface area (Å²) in [6, 6.07) is 4.96. The average molecular weight is 338 g/mol. The Hall–Kier alpha value is -0.700. The summed E-state index contributed by atoms with van der Waals surface area (Å²) in [7, 11) is -0.703. The van der Waals surface area contributed by atoms with Crippen molar-refractivity contribution >= 4 is 49.0 Å². The largest absolute Gasteiger partial charge is 0.389 e. The molecule has 0 atom stereocenters. The molecule has 0 unspecified atom stereocenters. The maximum atomic E-state index is 11.7. The van der Waals surface area contributed by atoms with Crippen LogP contribution < -0.4 is 10.5 Å². The smallest absolute Gasteiger partial charge is 0.301 e. The maximum absolute atomic E-state index is 11.7. The van der Waals surface area contributed by atoms with Crippen LogP contribution in [0.1, 0.15) is 5.56 Å². The minimum atomic E-state index is -3.57. The van der Waals surface area contributed by atoms with Crippen molar-refractivity contribution in [1.82, 2.24) is 4.31 Å². The second-order valence-electron chi connectivity index (χ2n) is 3.44. The zero-order valence-corrected chi connectivity index (χ0v) is 12.5. The van der Waals surface area contributed by atoms with Gasteiger partial charge in [-0.2, -0.15) is 12.7 Å². The molecule has 1 aromatic carbocycles. The molecule has 1 rings (SSSR count). The lowest BCUT2D eigenvalue weighted by Crippen LogP contribution is -2.30. The first-order valence-corrected chi connectivity index (χ1v) is 7.18. The van der Waals surface area contributed by atoms with E-state index in [1.165, 1.54) is 14.1 Å². The van der Waals surface area contributed by atoms with Gasteiger partial charge in [-0.15, -0.1) is 0 Å². The summed E-state index contributed by atoms with van der Waals surface area (Å²) in [5.74, 6) is 0. The number of hydrogen-bond donors (Lipinski definition) is 2. The fraction of sp³-hybridized carbons (Fsp3) is 0.222. The molecule has 1 aromatic rings. The Bertz CT molecular complexity index is 543. The molecule has 0 aromatic heterocycles. The van der Waals surface area contributed by atoms with Crippen LogP contribution in [0, 0.1) is 0 Å². The number of hydrogen-bond acceptors (Lipinski definition) is 3. The fourth-order valence-electron chi connectivity index (χ4n) is 1.04. The minimum Gasteiger partial charge on any atom is -0.389 e. The minimum absolute atomic E-state index is 0.128. The fourth-order valence-corrected chi connectivity index (χ4v) is 2.21. The number of anilines is 1. The van der Waals surface area contributed by atoms with Crippen molar-refractivity contribution in [3.63, 3.8) is 0 Å². The highest BCUT2D eigenvalue weighted by atomic mass is 79.9. The number of benzene rings is 1. The highest BCUT2D eigenvalue weighted by Gasteiger charge is 2.16. The van der Waals surface area contributed by atoms with Crippen LogP contribution in [0.2, 0.25) is 0 Å². The van der Waals surface area contributed by atoms with Crippen LogP contribution in [0.4, 0.5) is 5.69 Å². The molecule has 94 valence electrons. The predicted molar refractivity (Wildman–Crippen MR) is 76.3 cm³/mol. The zero-order chi connectivity index (χ0) is 13.2. The molecule has 5 nitrogen and oxygen atoms in total. The third-order valence-corrected chi connectivity index (χ3v) is 4.12. The van der Waals surface area contributed by atoms with E-state index in [-0.39, 0.29) is 4.99 Å². The van der Waals surface area contributed by atoms with E-state index in [0.29, 0.717) is 11.3 Å². The van der Waals surface area contributed by atoms with Crippen LogP contribution in [0.15, 0.2) is 22.7 Å². The number of nitrogens with zero attached hydrogens (tertiary/aromatic N) is 1. The van der Waals surface area contributed by atoms with Gasteiger partial charge in [-0.25, -0.2) is 0 Å². The molecule has 0 amide bonds. The van der Waals surface area contributed by atoms with Gasteiger partial charge in [-0.1, -0.05) is 28.1 Å². The molecule has 0 radical (unpaired) electrons. The summed E-state index contributed by atoms with van der Waals surface area (Å²) in [5, 5.41) is 0. The van der Waals surface area contributed by atoms with Gasteiger partial charge in [-0.05, 0) is 18.2 Å². The molecule has 0 fully saturated rings. The SMILES string of the molecule is CN(C)S(=O)(=O)Nc1ccc(Br)cc1C(N)=S. The van der Waals surface area contributed by atoms with Crippen LogP contribution in [0.25, 0.3) is 0 Å². The van der Waals surface area contributed by atoms with Gasteiger partial charge < -0.3 is 5.73 Å². The van der Waals surface area contributed by atoms with E-state index in [1.54, 1.807) is 18.2 Å². The monoisotopic (exact) mass is 337 g/mol. The van der Waals surface area contributed by atoms with Crippen molar-refractivity contribution in [2.75, 3.05) is 18.8 Å². The molecule has 0 aliphatic carbocycles. The Morgan fingerprint density at radius 2 is 2.06 bits per heavy atom. The summed E-state index contributed by atoms with van der Waals surface area (Å²) < 4.78 is 27.6. The van der Waals surface area contributed by atoms with Crippen molar-refractivity contribution in [2.24, 2.45) is 5.73 Å². The quantitative estimate of drug-likeness (QED) is 0.812. The van der Waals surface area contributed by atoms with Crippen molar-refractivity contribution in [3.05, 3.63) is 28.2 Å². The highest BCUT2D eigenvalue weighted by Crippen LogP contribution is 2.22. The van der Waals surface area contributed by atoms with E-state index < -0.39 is 10.2 Å². The van der Waals surface area contributed by atoms with E-state index >= 15 is 0 Å². The molecular formula is C9H12BrN3O2S2. The molecule has 3 N–H and O–H groups in total. The Morgan fingerprint density at radius 1 is 1.47 bits per heavy atom. The number of nitrogens with two attached hydrogens (primary N) is 1. The Labute approximate surface area is 114 Å². The first kappa shape index (κ1) is 14.4. The Balaban J connectivity index is 3.20. The molecule has 0 heterocycles. The van der Waals surface area contributed by atoms with E-state index in [0.717, 1.165) is 8.78 Å². The Morgan fingerprint density at radius 3 is 2.53 bits per heavy atom. The predicted octanol–water partition coefficient (Wildman–Crippen LogP) is 1.30. The van der Waals surface area contributed by atoms with Crippen molar-refractivity contribution < 1.29 is 8.42 Å². The molecule has 0 spiro atoms. The summed E-state index contributed by atoms with van der Waals surface area (Å²) in [6.45, 7) is 0. The van der Waals surface area contributed by atoms with Gasteiger partial charge in [-0.3, -0.25) is 4.72 Å². The van der Waals surface area contributed by atoms with Crippen LogP contribution >= 0.6 is 28.1 Å². The number of rotatable bonds is 4. The standard InChI is InChI=1S/C9H12BrN3O2S2/c1-13(2)17(14,15)12-8-4-3-6(10)5-7(8)9(11)16/h3-5,12H,1-2H3,(H2,11,16). The van der Waals surface area contributed by atoms with Crippen molar-refractivity contribution in [3.8, 4) is 0 Å². The lowest BCUT2D eigenvalue weighted by molar-refractivity contribution is 0.527. The molecule has 17 heavy (non-hydrogen) atoms. The highest BCUT2D eigenvalue weighted by molar-refractivity contribution is 9.10. The van der Waals surface area contributed by atoms with Gasteiger partial charge in [0.25, 0.3) is 0 Å². The van der Waals surface area contributed by atoms with Gasteiger partial charge in [0.15, 0.2) is 0 Å². The third kappa shape index (κ3) is 3.63. The first-order valence-electron chi connectivity index (χ1n) is 4.53. The molecule has 0 aliphatic rings.